The highest BCUT2D eigenvalue weighted by atomic mass is 19.1. The molecule has 0 spiro atoms. The van der Waals surface area contributed by atoms with Gasteiger partial charge in [-0.1, -0.05) is 0 Å². The summed E-state index contributed by atoms with van der Waals surface area (Å²) < 4.78 is 30.9. The molecule has 6 heteroatoms. The van der Waals surface area contributed by atoms with Gasteiger partial charge in [0, 0.05) is 19.8 Å². The highest BCUT2D eigenvalue weighted by Gasteiger charge is 2.16. The highest BCUT2D eigenvalue weighted by molar-refractivity contribution is 5.94. The summed E-state index contributed by atoms with van der Waals surface area (Å²) in [6.07, 6.45) is 0.294. The van der Waals surface area contributed by atoms with Crippen LogP contribution in [-0.2, 0) is 4.74 Å². The first-order valence-corrected chi connectivity index (χ1v) is 5.44. The third-order valence-electron chi connectivity index (χ3n) is 2.36. The molecule has 0 aliphatic heterocycles. The Morgan fingerprint density at radius 2 is 2.22 bits per heavy atom. The number of halogens is 2. The lowest BCUT2D eigenvalue weighted by Gasteiger charge is -2.17. The van der Waals surface area contributed by atoms with Gasteiger partial charge in [-0.15, -0.1) is 0 Å². The molecule has 0 heterocycles. The second kappa shape index (κ2) is 7.03. The average Bonchev–Trinajstić information content (AvgIpc) is 2.29. The molecule has 4 nitrogen and oxygen atoms in total. The van der Waals surface area contributed by atoms with Crippen molar-refractivity contribution in [1.29, 1.82) is 0 Å². The number of ether oxygens (including phenoxy) is 1. The first-order chi connectivity index (χ1) is 8.58. The number of nitrogens with one attached hydrogen (secondary N) is 1. The van der Waals surface area contributed by atoms with E-state index >= 15 is 0 Å². The molecule has 1 aromatic carbocycles. The molecule has 0 aliphatic carbocycles. The van der Waals surface area contributed by atoms with Crippen LogP contribution in [0.4, 0.5) is 8.78 Å². The van der Waals surface area contributed by atoms with E-state index in [0.717, 1.165) is 12.1 Å². The number of methoxy groups -OCH3 is 1. The highest BCUT2D eigenvalue weighted by Crippen LogP contribution is 2.09. The van der Waals surface area contributed by atoms with E-state index in [9.17, 15) is 13.6 Å². The van der Waals surface area contributed by atoms with Crippen LogP contribution < -0.4 is 5.32 Å². The van der Waals surface area contributed by atoms with Crippen molar-refractivity contribution < 1.29 is 23.4 Å². The van der Waals surface area contributed by atoms with Crippen LogP contribution in [0.5, 0.6) is 0 Å². The fourth-order valence-corrected chi connectivity index (χ4v) is 1.49. The van der Waals surface area contributed by atoms with Gasteiger partial charge >= 0.3 is 0 Å². The number of rotatable bonds is 6. The van der Waals surface area contributed by atoms with Gasteiger partial charge in [-0.2, -0.15) is 0 Å². The number of hydrogen-bond acceptors (Lipinski definition) is 3. The predicted molar refractivity (Wildman–Crippen MR) is 61.2 cm³/mol. The Morgan fingerprint density at radius 1 is 1.50 bits per heavy atom. The summed E-state index contributed by atoms with van der Waals surface area (Å²) in [7, 11) is 1.45. The van der Waals surface area contributed by atoms with Gasteiger partial charge in [0.1, 0.15) is 11.6 Å². The van der Waals surface area contributed by atoms with Gasteiger partial charge in [-0.25, -0.2) is 8.78 Å². The Morgan fingerprint density at radius 3 is 2.78 bits per heavy atom. The van der Waals surface area contributed by atoms with Gasteiger partial charge in [-0.05, 0) is 18.6 Å². The lowest BCUT2D eigenvalue weighted by Crippen LogP contribution is -2.39. The smallest absolute Gasteiger partial charge is 0.254 e. The van der Waals surface area contributed by atoms with E-state index in [1.165, 1.54) is 7.11 Å². The largest absolute Gasteiger partial charge is 0.396 e. The number of hydrogen-bond donors (Lipinski definition) is 2. The molecule has 0 saturated heterocycles. The zero-order chi connectivity index (χ0) is 13.5. The number of amides is 1. The fourth-order valence-electron chi connectivity index (χ4n) is 1.49. The summed E-state index contributed by atoms with van der Waals surface area (Å²) in [6, 6.07) is 2.31. The lowest BCUT2D eigenvalue weighted by atomic mass is 10.1. The average molecular weight is 259 g/mol. The minimum absolute atomic E-state index is 0.125. The van der Waals surface area contributed by atoms with E-state index in [4.69, 9.17) is 9.84 Å². The first kappa shape index (κ1) is 14.5. The Bertz CT molecular complexity index is 406. The van der Waals surface area contributed by atoms with Crippen LogP contribution >= 0.6 is 0 Å². The molecular weight excluding hydrogens is 244 g/mol. The molecule has 0 fully saturated rings. The topological polar surface area (TPSA) is 58.6 Å². The van der Waals surface area contributed by atoms with Crippen LogP contribution in [0, 0.1) is 11.6 Å². The summed E-state index contributed by atoms with van der Waals surface area (Å²) in [6.45, 7) is 0.0787. The molecule has 18 heavy (non-hydrogen) atoms. The predicted octanol–water partition coefficient (Wildman–Crippen LogP) is 1.09. The van der Waals surface area contributed by atoms with Gasteiger partial charge in [-0.3, -0.25) is 4.79 Å². The van der Waals surface area contributed by atoms with E-state index in [2.05, 4.69) is 5.32 Å². The molecule has 1 unspecified atom stereocenters. The van der Waals surface area contributed by atoms with Gasteiger partial charge < -0.3 is 15.2 Å². The normalized spacial score (nSPS) is 12.2. The molecule has 1 amide bonds. The monoisotopic (exact) mass is 259 g/mol. The molecule has 1 rings (SSSR count). The number of benzene rings is 1. The van der Waals surface area contributed by atoms with Crippen molar-refractivity contribution in [1.82, 2.24) is 5.32 Å². The molecule has 0 saturated carbocycles. The van der Waals surface area contributed by atoms with E-state index in [1.54, 1.807) is 0 Å². The third-order valence-corrected chi connectivity index (χ3v) is 2.36. The van der Waals surface area contributed by atoms with Gasteiger partial charge in [0.05, 0.1) is 18.2 Å². The lowest BCUT2D eigenvalue weighted by molar-refractivity contribution is 0.0874. The Hall–Kier alpha value is -1.53. The van der Waals surface area contributed by atoms with E-state index < -0.39 is 23.6 Å². The van der Waals surface area contributed by atoms with Crippen LogP contribution in [-0.4, -0.2) is 37.4 Å². The molecule has 0 radical (unpaired) electrons. The first-order valence-electron chi connectivity index (χ1n) is 5.44. The summed E-state index contributed by atoms with van der Waals surface area (Å²) >= 11 is 0. The van der Waals surface area contributed by atoms with Crippen molar-refractivity contribution in [3.63, 3.8) is 0 Å². The number of carbonyl (C=O) groups is 1. The minimum Gasteiger partial charge on any atom is -0.396 e. The van der Waals surface area contributed by atoms with Crippen molar-refractivity contribution in [2.45, 2.75) is 12.5 Å². The maximum atomic E-state index is 13.3. The van der Waals surface area contributed by atoms with E-state index in [1.807, 2.05) is 0 Å². The van der Waals surface area contributed by atoms with E-state index in [0.29, 0.717) is 12.5 Å². The van der Waals surface area contributed by atoms with Crippen LogP contribution in [0.1, 0.15) is 16.8 Å². The van der Waals surface area contributed by atoms with Gasteiger partial charge in [0.2, 0.25) is 0 Å². The zero-order valence-corrected chi connectivity index (χ0v) is 9.95. The molecule has 2 N–H and O–H groups in total. The minimum atomic E-state index is -0.923. The Kier molecular flexibility index (Phi) is 5.67. The van der Waals surface area contributed by atoms with Crippen LogP contribution in [0.2, 0.25) is 0 Å². The van der Waals surface area contributed by atoms with Crippen LogP contribution in [0.25, 0.3) is 0 Å². The van der Waals surface area contributed by atoms with Crippen LogP contribution in [0.15, 0.2) is 18.2 Å². The maximum Gasteiger partial charge on any atom is 0.254 e. The third kappa shape index (κ3) is 4.05. The van der Waals surface area contributed by atoms with Gasteiger partial charge in [0.25, 0.3) is 5.91 Å². The number of aliphatic hydroxyl groups excluding tert-OH is 1. The molecular formula is C12H15F2NO3. The molecule has 0 bridgehead atoms. The number of aliphatic hydroxyl groups is 1. The Labute approximate surface area is 104 Å². The number of carbonyl (C=O) groups excluding carboxylic acids is 1. The summed E-state index contributed by atoms with van der Waals surface area (Å²) in [4.78, 5) is 11.7. The maximum absolute atomic E-state index is 13.3. The molecule has 1 aromatic rings. The summed E-state index contributed by atoms with van der Waals surface area (Å²) in [5.74, 6) is -2.33. The molecule has 0 aliphatic rings. The second-order valence-electron chi connectivity index (χ2n) is 3.76. The van der Waals surface area contributed by atoms with Crippen molar-refractivity contribution in [3.05, 3.63) is 35.4 Å². The SMILES string of the molecule is COCC(CCO)NC(=O)c1ccc(F)cc1F. The quantitative estimate of drug-likeness (QED) is 0.804. The standard InChI is InChI=1S/C12H15F2NO3/c1-18-7-9(4-5-16)15-12(17)10-3-2-8(13)6-11(10)14/h2-3,6,9,16H,4-5,7H2,1H3,(H,15,17). The molecule has 0 aromatic heterocycles. The van der Waals surface area contributed by atoms with Crippen molar-refractivity contribution in [3.8, 4) is 0 Å². The second-order valence-corrected chi connectivity index (χ2v) is 3.76. The molecule has 1 atom stereocenters. The van der Waals surface area contributed by atoms with Crippen molar-refractivity contribution in [2.24, 2.45) is 0 Å². The zero-order valence-electron chi connectivity index (χ0n) is 9.95. The summed E-state index contributed by atoms with van der Waals surface area (Å²) in [5.41, 5.74) is -0.240. The van der Waals surface area contributed by atoms with Crippen molar-refractivity contribution >= 4 is 5.91 Å². The van der Waals surface area contributed by atoms with Crippen molar-refractivity contribution in [2.75, 3.05) is 20.3 Å². The molecule has 100 valence electrons. The van der Waals surface area contributed by atoms with Crippen LogP contribution in [0.3, 0.4) is 0 Å². The Balaban J connectivity index is 2.73. The van der Waals surface area contributed by atoms with E-state index in [-0.39, 0.29) is 18.8 Å². The fraction of sp³-hybridized carbons (Fsp3) is 0.417. The van der Waals surface area contributed by atoms with Gasteiger partial charge in [0.15, 0.2) is 0 Å². The summed E-state index contributed by atoms with van der Waals surface area (Å²) in [5, 5.41) is 11.3.